The van der Waals surface area contributed by atoms with Crippen molar-refractivity contribution in [2.75, 3.05) is 7.11 Å². The first-order valence-corrected chi connectivity index (χ1v) is 5.68. The van der Waals surface area contributed by atoms with E-state index in [-0.39, 0.29) is 0 Å². The molecule has 0 amide bonds. The second-order valence-electron chi connectivity index (χ2n) is 4.71. The Labute approximate surface area is 102 Å². The van der Waals surface area contributed by atoms with Gasteiger partial charge in [0.1, 0.15) is 5.60 Å². The maximum absolute atomic E-state index is 11.5. The van der Waals surface area contributed by atoms with E-state index in [1.807, 2.05) is 32.0 Å². The van der Waals surface area contributed by atoms with Gasteiger partial charge in [0.15, 0.2) is 0 Å². The maximum atomic E-state index is 11.5. The second kappa shape index (κ2) is 4.88. The first-order valence-electron chi connectivity index (χ1n) is 5.68. The lowest BCUT2D eigenvalue weighted by Gasteiger charge is -2.30. The highest BCUT2D eigenvalue weighted by Gasteiger charge is 2.37. The number of carbonyl (C=O) groups excluding carboxylic acids is 1. The summed E-state index contributed by atoms with van der Waals surface area (Å²) in [5.74, 6) is -1.01. The third-order valence-electron chi connectivity index (χ3n) is 3.33. The van der Waals surface area contributed by atoms with Crippen molar-refractivity contribution < 1.29 is 14.6 Å². The molecule has 0 aliphatic heterocycles. The number of aliphatic hydroxyl groups is 1. The number of esters is 1. The smallest absolute Gasteiger partial charge is 0.311 e. The van der Waals surface area contributed by atoms with E-state index in [4.69, 9.17) is 0 Å². The summed E-state index contributed by atoms with van der Waals surface area (Å²) in [6.07, 6.45) is 0. The van der Waals surface area contributed by atoms with Gasteiger partial charge in [0.05, 0.1) is 13.0 Å². The third kappa shape index (κ3) is 2.67. The van der Waals surface area contributed by atoms with Gasteiger partial charge < -0.3 is 9.84 Å². The molecular weight excluding hydrogens is 216 g/mol. The molecule has 0 heterocycles. The largest absolute Gasteiger partial charge is 0.469 e. The molecule has 17 heavy (non-hydrogen) atoms. The standard InChI is InChI=1S/C14H20O3/c1-9-6-7-12(10(2)8-9)14(4,16)11(3)13(15)17-5/h6-8,11,16H,1-5H3. The molecule has 1 aromatic rings. The van der Waals surface area contributed by atoms with E-state index in [2.05, 4.69) is 4.74 Å². The van der Waals surface area contributed by atoms with Gasteiger partial charge in [-0.1, -0.05) is 23.8 Å². The van der Waals surface area contributed by atoms with Crippen LogP contribution in [0.25, 0.3) is 0 Å². The lowest BCUT2D eigenvalue weighted by atomic mass is 9.81. The zero-order valence-corrected chi connectivity index (χ0v) is 11.1. The fraction of sp³-hybridized carbons (Fsp3) is 0.500. The Morgan fingerprint density at radius 3 is 2.47 bits per heavy atom. The SMILES string of the molecule is COC(=O)C(C)C(C)(O)c1ccc(C)cc1C. The number of carbonyl (C=O) groups is 1. The van der Waals surface area contributed by atoms with Crippen molar-refractivity contribution in [3.8, 4) is 0 Å². The number of benzene rings is 1. The van der Waals surface area contributed by atoms with E-state index in [0.29, 0.717) is 0 Å². The van der Waals surface area contributed by atoms with Gasteiger partial charge in [-0.3, -0.25) is 4.79 Å². The topological polar surface area (TPSA) is 46.5 Å². The summed E-state index contributed by atoms with van der Waals surface area (Å²) in [6, 6.07) is 5.79. The molecule has 0 aliphatic rings. The minimum Gasteiger partial charge on any atom is -0.469 e. The zero-order chi connectivity index (χ0) is 13.2. The van der Waals surface area contributed by atoms with Crippen LogP contribution in [0.4, 0.5) is 0 Å². The van der Waals surface area contributed by atoms with Crippen LogP contribution in [0.15, 0.2) is 18.2 Å². The third-order valence-corrected chi connectivity index (χ3v) is 3.33. The number of rotatable bonds is 3. The molecular formula is C14H20O3. The fourth-order valence-electron chi connectivity index (χ4n) is 2.02. The maximum Gasteiger partial charge on any atom is 0.311 e. The Hall–Kier alpha value is -1.35. The van der Waals surface area contributed by atoms with Gasteiger partial charge >= 0.3 is 5.97 Å². The Kier molecular flexibility index (Phi) is 3.94. The van der Waals surface area contributed by atoms with Crippen molar-refractivity contribution in [1.82, 2.24) is 0 Å². The Balaban J connectivity index is 3.16. The molecule has 1 N–H and O–H groups in total. The van der Waals surface area contributed by atoms with Crippen molar-refractivity contribution in [3.63, 3.8) is 0 Å². The molecule has 2 unspecified atom stereocenters. The number of hydrogen-bond donors (Lipinski definition) is 1. The molecule has 0 radical (unpaired) electrons. The van der Waals surface area contributed by atoms with Crippen molar-refractivity contribution >= 4 is 5.97 Å². The summed E-state index contributed by atoms with van der Waals surface area (Å²) in [7, 11) is 1.33. The van der Waals surface area contributed by atoms with Crippen LogP contribution in [0.5, 0.6) is 0 Å². The van der Waals surface area contributed by atoms with Crippen LogP contribution in [-0.2, 0) is 15.1 Å². The van der Waals surface area contributed by atoms with Gasteiger partial charge in [0.25, 0.3) is 0 Å². The molecule has 2 atom stereocenters. The minimum absolute atomic E-state index is 0.407. The summed E-state index contributed by atoms with van der Waals surface area (Å²) in [5, 5.41) is 10.5. The van der Waals surface area contributed by atoms with Gasteiger partial charge in [0, 0.05) is 0 Å². The number of aryl methyl sites for hydroxylation is 2. The fourth-order valence-corrected chi connectivity index (χ4v) is 2.02. The van der Waals surface area contributed by atoms with Gasteiger partial charge in [-0.25, -0.2) is 0 Å². The molecule has 0 saturated heterocycles. The van der Waals surface area contributed by atoms with E-state index < -0.39 is 17.5 Å². The molecule has 0 bridgehead atoms. The van der Waals surface area contributed by atoms with E-state index in [9.17, 15) is 9.90 Å². The molecule has 94 valence electrons. The Morgan fingerprint density at radius 2 is 2.00 bits per heavy atom. The van der Waals surface area contributed by atoms with Crippen LogP contribution in [-0.4, -0.2) is 18.2 Å². The van der Waals surface area contributed by atoms with Crippen LogP contribution in [0, 0.1) is 19.8 Å². The lowest BCUT2D eigenvalue weighted by Crippen LogP contribution is -2.36. The predicted octanol–water partition coefficient (Wildman–Crippen LogP) is 2.32. The minimum atomic E-state index is -1.22. The number of methoxy groups -OCH3 is 1. The van der Waals surface area contributed by atoms with Gasteiger partial charge in [0.2, 0.25) is 0 Å². The van der Waals surface area contributed by atoms with Crippen molar-refractivity contribution in [2.45, 2.75) is 33.3 Å². The van der Waals surface area contributed by atoms with E-state index in [0.717, 1.165) is 16.7 Å². The Morgan fingerprint density at radius 1 is 1.41 bits per heavy atom. The summed E-state index contributed by atoms with van der Waals surface area (Å²) >= 11 is 0. The van der Waals surface area contributed by atoms with Crippen molar-refractivity contribution in [1.29, 1.82) is 0 Å². The van der Waals surface area contributed by atoms with Gasteiger partial charge in [-0.2, -0.15) is 0 Å². The predicted molar refractivity (Wildman–Crippen MR) is 66.7 cm³/mol. The van der Waals surface area contributed by atoms with Crippen LogP contribution < -0.4 is 0 Å². The van der Waals surface area contributed by atoms with Crippen LogP contribution in [0.3, 0.4) is 0 Å². The zero-order valence-electron chi connectivity index (χ0n) is 11.1. The van der Waals surface area contributed by atoms with Crippen LogP contribution in [0.2, 0.25) is 0 Å². The number of ether oxygens (including phenoxy) is 1. The van der Waals surface area contributed by atoms with Crippen molar-refractivity contribution in [2.24, 2.45) is 5.92 Å². The Bertz CT molecular complexity index is 421. The molecule has 0 fully saturated rings. The highest BCUT2D eigenvalue weighted by atomic mass is 16.5. The van der Waals surface area contributed by atoms with Crippen LogP contribution >= 0.6 is 0 Å². The summed E-state index contributed by atoms with van der Waals surface area (Å²) in [6.45, 7) is 7.24. The molecule has 1 aromatic carbocycles. The average molecular weight is 236 g/mol. The van der Waals surface area contributed by atoms with Gasteiger partial charge in [-0.15, -0.1) is 0 Å². The van der Waals surface area contributed by atoms with Crippen molar-refractivity contribution in [3.05, 3.63) is 34.9 Å². The average Bonchev–Trinajstić information content (AvgIpc) is 2.26. The highest BCUT2D eigenvalue weighted by molar-refractivity contribution is 5.73. The van der Waals surface area contributed by atoms with E-state index in [1.165, 1.54) is 7.11 Å². The molecule has 0 aliphatic carbocycles. The molecule has 3 nitrogen and oxygen atoms in total. The number of hydrogen-bond acceptors (Lipinski definition) is 3. The van der Waals surface area contributed by atoms with E-state index in [1.54, 1.807) is 13.8 Å². The molecule has 3 heteroatoms. The summed E-state index contributed by atoms with van der Waals surface area (Å²) in [4.78, 5) is 11.5. The van der Waals surface area contributed by atoms with Crippen LogP contribution in [0.1, 0.15) is 30.5 Å². The van der Waals surface area contributed by atoms with E-state index >= 15 is 0 Å². The molecule has 0 aromatic heterocycles. The lowest BCUT2D eigenvalue weighted by molar-refractivity contribution is -0.154. The first-order chi connectivity index (χ1) is 7.80. The monoisotopic (exact) mass is 236 g/mol. The normalized spacial score (nSPS) is 16.1. The molecule has 1 rings (SSSR count). The summed E-state index contributed by atoms with van der Waals surface area (Å²) < 4.78 is 4.68. The quantitative estimate of drug-likeness (QED) is 0.819. The van der Waals surface area contributed by atoms with Gasteiger partial charge in [-0.05, 0) is 38.8 Å². The second-order valence-corrected chi connectivity index (χ2v) is 4.71. The molecule has 0 saturated carbocycles. The highest BCUT2D eigenvalue weighted by Crippen LogP contribution is 2.32. The summed E-state index contributed by atoms with van der Waals surface area (Å²) in [5.41, 5.74) is 1.66. The first kappa shape index (κ1) is 13.7. The molecule has 0 spiro atoms.